The Morgan fingerprint density at radius 1 is 0.943 bits per heavy atom. The topological polar surface area (TPSA) is 79.1 Å². The minimum atomic E-state index is -0.371. The second-order valence-corrected chi connectivity index (χ2v) is 9.82. The number of aromatic nitrogens is 3. The Bertz CT molecular complexity index is 1370. The second-order valence-electron chi connectivity index (χ2n) is 9.82. The van der Waals surface area contributed by atoms with E-state index in [1.54, 1.807) is 10.8 Å². The average Bonchev–Trinajstić information content (AvgIpc) is 3.33. The number of nitrogens with zero attached hydrogens (tertiary/aromatic N) is 3. The molecule has 3 heterocycles. The molecule has 1 aliphatic carbocycles. The summed E-state index contributed by atoms with van der Waals surface area (Å²) in [5, 5.41) is 3.23. The summed E-state index contributed by atoms with van der Waals surface area (Å²) >= 11 is 0. The van der Waals surface area contributed by atoms with Crippen LogP contribution in [0.5, 0.6) is 0 Å². The SMILES string of the molecule is Cc1ccc[n+](C2=C(c3c(C(C)C)[nH]n(-c4ccccc4)c3=O)C(=O)N(C3CCCCC3)C2=O)c1. The van der Waals surface area contributed by atoms with E-state index in [4.69, 9.17) is 0 Å². The highest BCUT2D eigenvalue weighted by Crippen LogP contribution is 2.36. The van der Waals surface area contributed by atoms with Gasteiger partial charge in [-0.3, -0.25) is 24.4 Å². The zero-order valence-corrected chi connectivity index (χ0v) is 20.5. The minimum absolute atomic E-state index is 0.0643. The maximum atomic E-state index is 14.0. The van der Waals surface area contributed by atoms with Gasteiger partial charge >= 0.3 is 5.91 Å². The van der Waals surface area contributed by atoms with Crippen LogP contribution in [-0.4, -0.2) is 32.5 Å². The van der Waals surface area contributed by atoms with Crippen LogP contribution < -0.4 is 10.1 Å². The molecule has 0 atom stereocenters. The van der Waals surface area contributed by atoms with Gasteiger partial charge in [-0.05, 0) is 43.9 Å². The molecule has 0 unspecified atom stereocenters. The molecule has 180 valence electrons. The molecule has 0 saturated heterocycles. The van der Waals surface area contributed by atoms with E-state index in [9.17, 15) is 14.4 Å². The quantitative estimate of drug-likeness (QED) is 0.452. The monoisotopic (exact) mass is 471 g/mol. The molecule has 7 heteroatoms. The number of pyridine rings is 1. The Kier molecular flexibility index (Phi) is 6.01. The molecule has 3 aromatic rings. The number of para-hydroxylation sites is 1. The van der Waals surface area contributed by atoms with E-state index in [1.165, 1.54) is 9.58 Å². The zero-order chi connectivity index (χ0) is 24.7. The van der Waals surface area contributed by atoms with Crippen LogP contribution in [0.15, 0.2) is 59.7 Å². The van der Waals surface area contributed by atoms with Gasteiger partial charge < -0.3 is 0 Å². The summed E-state index contributed by atoms with van der Waals surface area (Å²) in [7, 11) is 0. The maximum absolute atomic E-state index is 14.0. The molecule has 2 aliphatic rings. The first-order chi connectivity index (χ1) is 16.9. The van der Waals surface area contributed by atoms with Crippen LogP contribution in [-0.2, 0) is 9.59 Å². The van der Waals surface area contributed by atoms with Gasteiger partial charge in [0.2, 0.25) is 0 Å². The number of nitrogens with one attached hydrogen (secondary N) is 1. The molecule has 1 N–H and O–H groups in total. The summed E-state index contributed by atoms with van der Waals surface area (Å²) in [6.45, 7) is 5.89. The Morgan fingerprint density at radius 2 is 1.66 bits per heavy atom. The summed E-state index contributed by atoms with van der Waals surface area (Å²) in [4.78, 5) is 43.2. The van der Waals surface area contributed by atoms with E-state index in [2.05, 4.69) is 5.10 Å². The van der Waals surface area contributed by atoms with Crippen LogP contribution in [0.3, 0.4) is 0 Å². The number of rotatable bonds is 5. The predicted octanol–water partition coefficient (Wildman–Crippen LogP) is 3.95. The molecular weight excluding hydrogens is 440 g/mol. The normalized spacial score (nSPS) is 17.2. The van der Waals surface area contributed by atoms with E-state index in [1.807, 2.05) is 69.4 Å². The summed E-state index contributed by atoms with van der Waals surface area (Å²) in [6.07, 6.45) is 8.31. The highest BCUT2D eigenvalue weighted by molar-refractivity contribution is 6.44. The van der Waals surface area contributed by atoms with Gasteiger partial charge in [-0.15, -0.1) is 0 Å². The molecule has 7 nitrogen and oxygen atoms in total. The number of carbonyl (C=O) groups is 2. The number of aryl methyl sites for hydroxylation is 1. The fourth-order valence-electron chi connectivity index (χ4n) is 5.28. The fourth-order valence-corrected chi connectivity index (χ4v) is 5.28. The number of carbonyl (C=O) groups excluding carboxylic acids is 2. The molecule has 0 radical (unpaired) electrons. The summed E-state index contributed by atoms with van der Waals surface area (Å²) in [6, 6.07) is 12.9. The predicted molar refractivity (Wildman–Crippen MR) is 134 cm³/mol. The summed E-state index contributed by atoms with van der Waals surface area (Å²) in [5.74, 6) is -0.760. The first kappa shape index (κ1) is 23.0. The first-order valence-electron chi connectivity index (χ1n) is 12.4. The van der Waals surface area contributed by atoms with E-state index < -0.39 is 0 Å². The fraction of sp³-hybridized carbons (Fsp3) is 0.357. The van der Waals surface area contributed by atoms with Crippen molar-refractivity contribution < 1.29 is 14.2 Å². The minimum Gasteiger partial charge on any atom is -0.294 e. The van der Waals surface area contributed by atoms with Crippen molar-refractivity contribution in [1.82, 2.24) is 14.7 Å². The third-order valence-electron chi connectivity index (χ3n) is 7.00. The van der Waals surface area contributed by atoms with Crippen molar-refractivity contribution in [3.8, 4) is 5.69 Å². The van der Waals surface area contributed by atoms with Gasteiger partial charge in [0.15, 0.2) is 12.4 Å². The molecular formula is C28H31N4O3+. The van der Waals surface area contributed by atoms with E-state index in [-0.39, 0.29) is 46.2 Å². The van der Waals surface area contributed by atoms with Crippen LogP contribution in [0.2, 0.25) is 0 Å². The van der Waals surface area contributed by atoms with Crippen LogP contribution in [0.1, 0.15) is 68.7 Å². The van der Waals surface area contributed by atoms with Gasteiger partial charge in [-0.25, -0.2) is 4.68 Å². The Morgan fingerprint density at radius 3 is 2.31 bits per heavy atom. The van der Waals surface area contributed by atoms with Crippen molar-refractivity contribution in [3.05, 3.63) is 82.0 Å². The second kappa shape index (κ2) is 9.13. The van der Waals surface area contributed by atoms with Crippen LogP contribution >= 0.6 is 0 Å². The molecule has 1 saturated carbocycles. The smallest absolute Gasteiger partial charge is 0.294 e. The van der Waals surface area contributed by atoms with Crippen molar-refractivity contribution in [3.63, 3.8) is 0 Å². The van der Waals surface area contributed by atoms with E-state index in [0.29, 0.717) is 11.4 Å². The average molecular weight is 472 g/mol. The number of hydrogen-bond acceptors (Lipinski definition) is 3. The molecule has 2 amide bonds. The Hall–Kier alpha value is -3.74. The molecule has 1 aromatic carbocycles. The number of aromatic amines is 1. The van der Waals surface area contributed by atoms with Gasteiger partial charge in [0.1, 0.15) is 5.57 Å². The number of amides is 2. The van der Waals surface area contributed by atoms with E-state index >= 15 is 0 Å². The van der Waals surface area contributed by atoms with Crippen LogP contribution in [0, 0.1) is 6.92 Å². The molecule has 0 bridgehead atoms. The van der Waals surface area contributed by atoms with Gasteiger partial charge in [0.25, 0.3) is 17.2 Å². The third kappa shape index (κ3) is 3.95. The van der Waals surface area contributed by atoms with Gasteiger partial charge in [-0.1, -0.05) is 51.3 Å². The summed E-state index contributed by atoms with van der Waals surface area (Å²) in [5.41, 5.74) is 2.67. The Balaban J connectivity index is 1.76. The lowest BCUT2D eigenvalue weighted by molar-refractivity contribution is -0.577. The molecule has 1 aliphatic heterocycles. The molecule has 35 heavy (non-hydrogen) atoms. The van der Waals surface area contributed by atoms with Crippen molar-refractivity contribution in [2.24, 2.45) is 0 Å². The zero-order valence-electron chi connectivity index (χ0n) is 20.5. The standard InChI is InChI=1S/C28H30N4O3/c1-18(2)24-22(27(34)32(29-24)21-14-8-5-9-15-21)23-25(30-16-10-11-19(3)17-30)28(35)31(26(23)33)20-12-6-4-7-13-20/h5,8-11,14-18,20H,4,6-7,12-13H2,1-3H3/p+1. The maximum Gasteiger partial charge on any atom is 0.327 e. The van der Waals surface area contributed by atoms with Crippen LogP contribution in [0.4, 0.5) is 0 Å². The van der Waals surface area contributed by atoms with Crippen LogP contribution in [0.25, 0.3) is 17.0 Å². The van der Waals surface area contributed by atoms with Crippen molar-refractivity contribution in [2.75, 3.05) is 0 Å². The highest BCUT2D eigenvalue weighted by Gasteiger charge is 2.50. The van der Waals surface area contributed by atoms with Gasteiger partial charge in [0.05, 0.1) is 11.3 Å². The summed E-state index contributed by atoms with van der Waals surface area (Å²) < 4.78 is 3.17. The highest BCUT2D eigenvalue weighted by atomic mass is 16.2. The number of H-pyrrole nitrogens is 1. The number of hydrogen-bond donors (Lipinski definition) is 1. The lowest BCUT2D eigenvalue weighted by Crippen LogP contribution is -2.45. The van der Waals surface area contributed by atoms with Gasteiger partial charge in [0, 0.05) is 23.4 Å². The number of imide groups is 1. The van der Waals surface area contributed by atoms with Crippen molar-refractivity contribution in [2.45, 2.75) is 64.8 Å². The van der Waals surface area contributed by atoms with E-state index in [0.717, 1.165) is 37.7 Å². The molecule has 0 spiro atoms. The lowest BCUT2D eigenvalue weighted by atomic mass is 9.94. The third-order valence-corrected chi connectivity index (χ3v) is 7.00. The molecule has 2 aromatic heterocycles. The largest absolute Gasteiger partial charge is 0.327 e. The van der Waals surface area contributed by atoms with Gasteiger partial charge in [-0.2, -0.15) is 4.57 Å². The first-order valence-corrected chi connectivity index (χ1v) is 12.4. The van der Waals surface area contributed by atoms with Crippen molar-refractivity contribution >= 4 is 23.1 Å². The molecule has 1 fully saturated rings. The number of benzene rings is 1. The molecule has 5 rings (SSSR count). The lowest BCUT2D eigenvalue weighted by Gasteiger charge is -2.29. The van der Waals surface area contributed by atoms with Crippen molar-refractivity contribution in [1.29, 1.82) is 0 Å². The Labute approximate surface area is 204 Å².